The molecule has 2 aromatic rings. The van der Waals surface area contributed by atoms with Gasteiger partial charge in [-0.3, -0.25) is 10.3 Å². The maximum absolute atomic E-state index is 14.8. The molecule has 2 aliphatic rings. The molecule has 0 radical (unpaired) electrons. The van der Waals surface area contributed by atoms with E-state index in [1.165, 1.54) is 11.0 Å². The number of rotatable bonds is 4. The van der Waals surface area contributed by atoms with Crippen molar-refractivity contribution in [2.45, 2.75) is 19.6 Å². The van der Waals surface area contributed by atoms with Crippen LogP contribution in [-0.2, 0) is 11.3 Å². The minimum absolute atomic E-state index is 0.0311. The summed E-state index contributed by atoms with van der Waals surface area (Å²) in [5, 5.41) is 15.4. The number of cyclic esters (lactones) is 1. The van der Waals surface area contributed by atoms with Crippen molar-refractivity contribution in [3.05, 3.63) is 35.9 Å². The molecule has 4 rings (SSSR count). The summed E-state index contributed by atoms with van der Waals surface area (Å²) < 4.78 is 21.8. The summed E-state index contributed by atoms with van der Waals surface area (Å²) in [7, 11) is 0. The van der Waals surface area contributed by atoms with Crippen molar-refractivity contribution in [2.24, 2.45) is 5.73 Å². The van der Waals surface area contributed by atoms with E-state index in [0.29, 0.717) is 50.6 Å². The Labute approximate surface area is 167 Å². The lowest BCUT2D eigenvalue weighted by Crippen LogP contribution is -2.51. The van der Waals surface area contributed by atoms with Crippen LogP contribution in [0.5, 0.6) is 0 Å². The van der Waals surface area contributed by atoms with E-state index < -0.39 is 11.9 Å². The molecule has 3 heterocycles. The fourth-order valence-corrected chi connectivity index (χ4v) is 3.63. The van der Waals surface area contributed by atoms with E-state index >= 15 is 0 Å². The third-order valence-corrected chi connectivity index (χ3v) is 5.12. The minimum atomic E-state index is -0.506. The number of guanidine groups is 1. The largest absolute Gasteiger partial charge is 0.442 e. The van der Waals surface area contributed by atoms with Crippen LogP contribution in [-0.4, -0.2) is 70.8 Å². The summed E-state index contributed by atoms with van der Waals surface area (Å²) in [5.41, 5.74) is 7.21. The number of amides is 1. The van der Waals surface area contributed by atoms with Crippen LogP contribution in [0.3, 0.4) is 0 Å². The van der Waals surface area contributed by atoms with Crippen molar-refractivity contribution in [3.63, 3.8) is 0 Å². The lowest BCUT2D eigenvalue weighted by Gasteiger charge is -2.36. The highest BCUT2D eigenvalue weighted by molar-refractivity contribution is 5.90. The van der Waals surface area contributed by atoms with E-state index in [-0.39, 0.29) is 12.1 Å². The molecular weight excluding hydrogens is 379 g/mol. The fraction of sp³-hybridized carbons (Fsp3) is 0.444. The lowest BCUT2D eigenvalue weighted by molar-refractivity contribution is 0.129. The summed E-state index contributed by atoms with van der Waals surface area (Å²) in [6, 6.07) is 4.75. The van der Waals surface area contributed by atoms with Crippen molar-refractivity contribution in [1.82, 2.24) is 19.9 Å². The number of nitrogens with one attached hydrogen (secondary N) is 1. The van der Waals surface area contributed by atoms with Crippen LogP contribution in [0.1, 0.15) is 5.69 Å². The predicted octanol–water partition coefficient (Wildman–Crippen LogP) is 0.766. The summed E-state index contributed by atoms with van der Waals surface area (Å²) in [4.78, 5) is 17.4. The van der Waals surface area contributed by atoms with Gasteiger partial charge in [0.25, 0.3) is 0 Å². The second-order valence-electron chi connectivity index (χ2n) is 7.19. The number of anilines is 2. The van der Waals surface area contributed by atoms with E-state index in [1.807, 2.05) is 11.8 Å². The normalized spacial score (nSPS) is 19.6. The van der Waals surface area contributed by atoms with Gasteiger partial charge in [0, 0.05) is 32.4 Å². The average molecular weight is 402 g/mol. The van der Waals surface area contributed by atoms with Gasteiger partial charge in [-0.15, -0.1) is 5.10 Å². The molecule has 0 aliphatic carbocycles. The van der Waals surface area contributed by atoms with E-state index in [2.05, 4.69) is 10.3 Å². The van der Waals surface area contributed by atoms with Crippen LogP contribution < -0.4 is 15.5 Å². The third-order valence-electron chi connectivity index (χ3n) is 5.12. The van der Waals surface area contributed by atoms with Crippen LogP contribution in [0.2, 0.25) is 0 Å². The van der Waals surface area contributed by atoms with Gasteiger partial charge in [-0.05, 0) is 25.1 Å². The van der Waals surface area contributed by atoms with Gasteiger partial charge < -0.3 is 20.3 Å². The number of carbonyl (C=O) groups is 1. The number of benzene rings is 1. The molecule has 29 heavy (non-hydrogen) atoms. The zero-order valence-electron chi connectivity index (χ0n) is 16.1. The molecule has 1 aromatic carbocycles. The first-order valence-electron chi connectivity index (χ1n) is 9.39. The molecule has 0 spiro atoms. The highest BCUT2D eigenvalue weighted by atomic mass is 19.1. The molecule has 1 atom stereocenters. The summed E-state index contributed by atoms with van der Waals surface area (Å²) in [5.74, 6) is -0.370. The second kappa shape index (κ2) is 7.57. The molecular formula is C18H23FN8O2. The number of ether oxygens (including phenoxy) is 1. The number of carbonyl (C=O) groups excluding carboxylic acids is 1. The maximum atomic E-state index is 14.8. The Morgan fingerprint density at radius 2 is 2.10 bits per heavy atom. The van der Waals surface area contributed by atoms with Crippen LogP contribution in [0.25, 0.3) is 0 Å². The lowest BCUT2D eigenvalue weighted by atomic mass is 10.2. The Hall–Kier alpha value is -3.37. The molecule has 1 amide bonds. The third kappa shape index (κ3) is 3.93. The fourth-order valence-electron chi connectivity index (χ4n) is 3.63. The van der Waals surface area contributed by atoms with Crippen LogP contribution in [0.15, 0.2) is 24.4 Å². The topological polar surface area (TPSA) is 117 Å². The van der Waals surface area contributed by atoms with Gasteiger partial charge >= 0.3 is 6.09 Å². The number of nitrogens with two attached hydrogens (primary N) is 1. The summed E-state index contributed by atoms with van der Waals surface area (Å²) in [6.45, 7) is 4.82. The van der Waals surface area contributed by atoms with Gasteiger partial charge in [0.15, 0.2) is 5.96 Å². The maximum Gasteiger partial charge on any atom is 0.414 e. The van der Waals surface area contributed by atoms with Gasteiger partial charge in [-0.1, -0.05) is 5.21 Å². The number of halogens is 1. The van der Waals surface area contributed by atoms with Crippen molar-refractivity contribution < 1.29 is 13.9 Å². The van der Waals surface area contributed by atoms with Crippen molar-refractivity contribution in [1.29, 1.82) is 5.41 Å². The standard InChI is InChI=1S/C18H23FN8O2/c1-12-9-26(23-22-12)10-14-11-27(18(28)29-14)13-2-3-16(15(19)8-13)24-4-6-25(7-5-24)17(20)21/h2-3,8-9,14H,4-7,10-11H2,1H3,(H3,20,21)/t14-/m0/s1. The molecule has 0 bridgehead atoms. The first kappa shape index (κ1) is 19.0. The van der Waals surface area contributed by atoms with Gasteiger partial charge in [-0.25, -0.2) is 13.9 Å². The number of hydrogen-bond donors (Lipinski definition) is 2. The number of aryl methyl sites for hydroxylation is 1. The first-order valence-corrected chi connectivity index (χ1v) is 9.39. The summed E-state index contributed by atoms with van der Waals surface area (Å²) >= 11 is 0. The Morgan fingerprint density at radius 3 is 2.72 bits per heavy atom. The van der Waals surface area contributed by atoms with Crippen molar-refractivity contribution in [2.75, 3.05) is 42.5 Å². The Bertz CT molecular complexity index is 924. The molecule has 0 unspecified atom stereocenters. The molecule has 1 aromatic heterocycles. The molecule has 2 aliphatic heterocycles. The van der Waals surface area contributed by atoms with Gasteiger partial charge in [0.2, 0.25) is 0 Å². The van der Waals surface area contributed by atoms with E-state index in [9.17, 15) is 9.18 Å². The number of piperazine rings is 1. The Kier molecular flexibility index (Phi) is 4.95. The van der Waals surface area contributed by atoms with Gasteiger partial charge in [-0.2, -0.15) is 0 Å². The van der Waals surface area contributed by atoms with Crippen molar-refractivity contribution >= 4 is 23.4 Å². The number of aromatic nitrogens is 3. The van der Waals surface area contributed by atoms with Crippen LogP contribution in [0.4, 0.5) is 20.6 Å². The number of nitrogens with zero attached hydrogens (tertiary/aromatic N) is 6. The van der Waals surface area contributed by atoms with Crippen molar-refractivity contribution in [3.8, 4) is 0 Å². The first-order chi connectivity index (χ1) is 13.9. The average Bonchev–Trinajstić information content (AvgIpc) is 3.27. The highest BCUT2D eigenvalue weighted by Crippen LogP contribution is 2.28. The minimum Gasteiger partial charge on any atom is -0.442 e. The molecule has 2 fully saturated rings. The van der Waals surface area contributed by atoms with Gasteiger partial charge in [0.1, 0.15) is 11.9 Å². The molecule has 2 saturated heterocycles. The monoisotopic (exact) mass is 402 g/mol. The zero-order chi connectivity index (χ0) is 20.5. The summed E-state index contributed by atoms with van der Waals surface area (Å²) in [6.07, 6.45) is 0.886. The van der Waals surface area contributed by atoms with E-state index in [0.717, 1.165) is 5.69 Å². The zero-order valence-corrected chi connectivity index (χ0v) is 16.1. The van der Waals surface area contributed by atoms with Crippen LogP contribution >= 0.6 is 0 Å². The quantitative estimate of drug-likeness (QED) is 0.573. The Balaban J connectivity index is 1.42. The molecule has 0 saturated carbocycles. The number of hydrogen-bond acceptors (Lipinski definition) is 6. The molecule has 11 heteroatoms. The Morgan fingerprint density at radius 1 is 1.34 bits per heavy atom. The molecule has 3 N–H and O–H groups in total. The molecule has 10 nitrogen and oxygen atoms in total. The van der Waals surface area contributed by atoms with E-state index in [1.54, 1.807) is 27.9 Å². The second-order valence-corrected chi connectivity index (χ2v) is 7.19. The van der Waals surface area contributed by atoms with Gasteiger partial charge in [0.05, 0.1) is 30.2 Å². The van der Waals surface area contributed by atoms with E-state index in [4.69, 9.17) is 15.9 Å². The predicted molar refractivity (Wildman–Crippen MR) is 104 cm³/mol. The SMILES string of the molecule is Cc1cn(C[C@H]2CN(c3ccc(N4CCN(C(=N)N)CC4)c(F)c3)C(=O)O2)nn1. The van der Waals surface area contributed by atoms with Crippen LogP contribution in [0, 0.1) is 18.2 Å². The molecule has 154 valence electrons. The highest BCUT2D eigenvalue weighted by Gasteiger charge is 2.33. The smallest absolute Gasteiger partial charge is 0.414 e.